The number of anilines is 1. The first-order valence-corrected chi connectivity index (χ1v) is 10.3. The number of guanidine groups is 1. The van der Waals surface area contributed by atoms with Crippen molar-refractivity contribution in [3.63, 3.8) is 0 Å². The molecular weight excluding hydrogens is 465 g/mol. The zero-order valence-corrected chi connectivity index (χ0v) is 19.5. The number of piperidine rings is 1. The highest BCUT2D eigenvalue weighted by Crippen LogP contribution is 2.16. The van der Waals surface area contributed by atoms with E-state index in [9.17, 15) is 4.79 Å². The Morgan fingerprint density at radius 3 is 2.46 bits per heavy atom. The van der Waals surface area contributed by atoms with Gasteiger partial charge >= 0.3 is 0 Å². The number of nitrogens with one attached hydrogen (secondary N) is 1. The number of piperazine rings is 1. The Labute approximate surface area is 186 Å². The molecular formula is C21H34IN5O. The van der Waals surface area contributed by atoms with E-state index in [-0.39, 0.29) is 36.4 Å². The van der Waals surface area contributed by atoms with Gasteiger partial charge in [0.25, 0.3) is 0 Å². The van der Waals surface area contributed by atoms with Crippen molar-refractivity contribution in [2.45, 2.75) is 26.7 Å². The second kappa shape index (κ2) is 11.5. The minimum Gasteiger partial charge on any atom is -0.368 e. The summed E-state index contributed by atoms with van der Waals surface area (Å²) in [6.45, 7) is 10.8. The molecule has 1 N–H and O–H groups in total. The molecule has 2 saturated heterocycles. The summed E-state index contributed by atoms with van der Waals surface area (Å²) in [5.41, 5.74) is 1.23. The number of hydrogen-bond donors (Lipinski definition) is 1. The Morgan fingerprint density at radius 2 is 1.82 bits per heavy atom. The molecule has 0 aromatic heterocycles. The molecule has 2 heterocycles. The molecule has 28 heavy (non-hydrogen) atoms. The van der Waals surface area contributed by atoms with Gasteiger partial charge < -0.3 is 20.0 Å². The molecule has 2 fully saturated rings. The van der Waals surface area contributed by atoms with Gasteiger partial charge in [0, 0.05) is 51.5 Å². The highest BCUT2D eigenvalue weighted by atomic mass is 127. The van der Waals surface area contributed by atoms with E-state index in [2.05, 4.69) is 58.2 Å². The zero-order valence-electron chi connectivity index (χ0n) is 17.1. The van der Waals surface area contributed by atoms with Gasteiger partial charge in [-0.25, -0.2) is 4.99 Å². The molecule has 6 nitrogen and oxygen atoms in total. The number of amides is 1. The lowest BCUT2D eigenvalue weighted by Gasteiger charge is -2.36. The van der Waals surface area contributed by atoms with Crippen molar-refractivity contribution in [1.82, 2.24) is 15.1 Å². The number of nitrogens with zero attached hydrogens (tertiary/aromatic N) is 4. The van der Waals surface area contributed by atoms with Crippen molar-refractivity contribution in [3.8, 4) is 0 Å². The Balaban J connectivity index is 0.00000280. The van der Waals surface area contributed by atoms with Crippen molar-refractivity contribution >= 4 is 41.5 Å². The summed E-state index contributed by atoms with van der Waals surface area (Å²) in [5.74, 6) is 1.70. The van der Waals surface area contributed by atoms with Gasteiger partial charge in [-0.1, -0.05) is 25.1 Å². The van der Waals surface area contributed by atoms with Gasteiger partial charge in [-0.05, 0) is 37.8 Å². The second-order valence-corrected chi connectivity index (χ2v) is 7.57. The van der Waals surface area contributed by atoms with Gasteiger partial charge in [-0.2, -0.15) is 0 Å². The molecule has 0 bridgehead atoms. The number of halogens is 1. The summed E-state index contributed by atoms with van der Waals surface area (Å²) in [7, 11) is 0. The van der Waals surface area contributed by atoms with Gasteiger partial charge in [0.2, 0.25) is 5.91 Å². The third-order valence-corrected chi connectivity index (χ3v) is 5.41. The lowest BCUT2D eigenvalue weighted by Crippen LogP contribution is -2.50. The predicted octanol–water partition coefficient (Wildman–Crippen LogP) is 2.65. The normalized spacial score (nSPS) is 20.6. The molecule has 1 unspecified atom stereocenters. The average Bonchev–Trinajstić information content (AvgIpc) is 2.71. The average molecular weight is 499 g/mol. The molecule has 7 heteroatoms. The molecule has 1 atom stereocenters. The number of benzene rings is 1. The van der Waals surface area contributed by atoms with E-state index in [0.29, 0.717) is 5.92 Å². The third-order valence-electron chi connectivity index (χ3n) is 5.41. The van der Waals surface area contributed by atoms with Crippen LogP contribution in [0.3, 0.4) is 0 Å². The van der Waals surface area contributed by atoms with E-state index in [0.717, 1.165) is 51.8 Å². The summed E-state index contributed by atoms with van der Waals surface area (Å²) in [6.07, 6.45) is 2.47. The second-order valence-electron chi connectivity index (χ2n) is 7.57. The third kappa shape index (κ3) is 6.25. The fourth-order valence-corrected chi connectivity index (χ4v) is 3.90. The van der Waals surface area contributed by atoms with E-state index in [1.807, 2.05) is 11.0 Å². The fourth-order valence-electron chi connectivity index (χ4n) is 3.90. The highest BCUT2D eigenvalue weighted by Gasteiger charge is 2.22. The van der Waals surface area contributed by atoms with Crippen LogP contribution in [0.25, 0.3) is 0 Å². The maximum atomic E-state index is 12.7. The summed E-state index contributed by atoms with van der Waals surface area (Å²) in [4.78, 5) is 23.9. The highest BCUT2D eigenvalue weighted by molar-refractivity contribution is 14.0. The van der Waals surface area contributed by atoms with Gasteiger partial charge in [-0.3, -0.25) is 4.79 Å². The summed E-state index contributed by atoms with van der Waals surface area (Å²) >= 11 is 0. The molecule has 2 aliphatic rings. The summed E-state index contributed by atoms with van der Waals surface area (Å²) in [6, 6.07) is 10.4. The molecule has 0 saturated carbocycles. The van der Waals surface area contributed by atoms with E-state index in [1.165, 1.54) is 18.5 Å². The molecule has 0 aliphatic carbocycles. The van der Waals surface area contributed by atoms with Crippen LogP contribution in [0.4, 0.5) is 5.69 Å². The molecule has 1 amide bonds. The predicted molar refractivity (Wildman–Crippen MR) is 127 cm³/mol. The maximum Gasteiger partial charge on any atom is 0.244 e. The van der Waals surface area contributed by atoms with Crippen LogP contribution in [0.5, 0.6) is 0 Å². The topological polar surface area (TPSA) is 51.2 Å². The van der Waals surface area contributed by atoms with E-state index in [4.69, 9.17) is 0 Å². The molecule has 1 aromatic carbocycles. The quantitative estimate of drug-likeness (QED) is 0.393. The van der Waals surface area contributed by atoms with Crippen molar-refractivity contribution < 1.29 is 4.79 Å². The standard InChI is InChI=1S/C21H33N5O.HI/c1-3-22-21(26-11-7-8-18(2)17-26)23-16-20(27)25-14-12-24(13-15-25)19-9-5-4-6-10-19;/h4-6,9-10,18H,3,7-8,11-17H2,1-2H3,(H,22,23);1H. The SMILES string of the molecule is CCNC(=NCC(=O)N1CCN(c2ccccc2)CC1)N1CCCC(C)C1.I. The van der Waals surface area contributed by atoms with Crippen LogP contribution >= 0.6 is 24.0 Å². The van der Waals surface area contributed by atoms with Crippen molar-refractivity contribution in [2.75, 3.05) is 57.3 Å². The number of carbonyl (C=O) groups excluding carboxylic acids is 1. The zero-order chi connectivity index (χ0) is 19.1. The van der Waals surface area contributed by atoms with Crippen LogP contribution in [-0.2, 0) is 4.79 Å². The molecule has 0 radical (unpaired) electrons. The maximum absolute atomic E-state index is 12.7. The number of carbonyl (C=O) groups is 1. The number of likely N-dealkylation sites (tertiary alicyclic amines) is 1. The monoisotopic (exact) mass is 499 g/mol. The molecule has 156 valence electrons. The largest absolute Gasteiger partial charge is 0.368 e. The van der Waals surface area contributed by atoms with E-state index < -0.39 is 0 Å². The van der Waals surface area contributed by atoms with Gasteiger partial charge in [-0.15, -0.1) is 24.0 Å². The van der Waals surface area contributed by atoms with Crippen LogP contribution in [0.1, 0.15) is 26.7 Å². The lowest BCUT2D eigenvalue weighted by molar-refractivity contribution is -0.129. The lowest BCUT2D eigenvalue weighted by atomic mass is 10.0. The van der Waals surface area contributed by atoms with Crippen molar-refractivity contribution in [3.05, 3.63) is 30.3 Å². The number of aliphatic imine (C=N–C) groups is 1. The Hall–Kier alpha value is -1.51. The Bertz CT molecular complexity index is 631. The van der Waals surface area contributed by atoms with Crippen LogP contribution in [-0.4, -0.2) is 74.0 Å². The minimum absolute atomic E-state index is 0. The van der Waals surface area contributed by atoms with E-state index in [1.54, 1.807) is 0 Å². The van der Waals surface area contributed by atoms with Gasteiger partial charge in [0.1, 0.15) is 6.54 Å². The van der Waals surface area contributed by atoms with Crippen LogP contribution in [0, 0.1) is 5.92 Å². The van der Waals surface area contributed by atoms with Crippen LogP contribution < -0.4 is 10.2 Å². The number of para-hydroxylation sites is 1. The first-order valence-electron chi connectivity index (χ1n) is 10.3. The summed E-state index contributed by atoms with van der Waals surface area (Å²) < 4.78 is 0. The van der Waals surface area contributed by atoms with Crippen molar-refractivity contribution in [2.24, 2.45) is 10.9 Å². The van der Waals surface area contributed by atoms with Crippen LogP contribution in [0.2, 0.25) is 0 Å². The Kier molecular flexibility index (Phi) is 9.34. The first kappa shape index (κ1) is 22.8. The van der Waals surface area contributed by atoms with Gasteiger partial charge in [0.05, 0.1) is 0 Å². The van der Waals surface area contributed by atoms with E-state index >= 15 is 0 Å². The molecule has 2 aliphatic heterocycles. The van der Waals surface area contributed by atoms with Crippen molar-refractivity contribution in [1.29, 1.82) is 0 Å². The number of hydrogen-bond acceptors (Lipinski definition) is 3. The minimum atomic E-state index is 0. The van der Waals surface area contributed by atoms with Crippen LogP contribution in [0.15, 0.2) is 35.3 Å². The fraction of sp³-hybridized carbons (Fsp3) is 0.619. The molecule has 1 aromatic rings. The Morgan fingerprint density at radius 1 is 1.11 bits per heavy atom. The summed E-state index contributed by atoms with van der Waals surface area (Å²) in [5, 5.41) is 3.36. The van der Waals surface area contributed by atoms with Gasteiger partial charge in [0.15, 0.2) is 5.96 Å². The molecule has 0 spiro atoms. The molecule has 3 rings (SSSR count). The first-order chi connectivity index (χ1) is 13.2. The number of rotatable bonds is 4. The smallest absolute Gasteiger partial charge is 0.244 e.